The van der Waals surface area contributed by atoms with Crippen molar-refractivity contribution in [2.24, 2.45) is 5.73 Å². The minimum absolute atomic E-state index is 0.0963. The van der Waals surface area contributed by atoms with E-state index < -0.39 is 11.9 Å². The predicted octanol–water partition coefficient (Wildman–Crippen LogP) is 0.767. The van der Waals surface area contributed by atoms with Gasteiger partial charge in [-0.3, -0.25) is 0 Å². The molecule has 0 heterocycles. The third-order valence-electron chi connectivity index (χ3n) is 1.94. The van der Waals surface area contributed by atoms with E-state index in [0.29, 0.717) is 12.0 Å². The smallest absolute Gasteiger partial charge is 0.331 e. The Labute approximate surface area is 87.9 Å². The first-order valence-corrected chi connectivity index (χ1v) is 4.44. The first kappa shape index (κ1) is 13.4. The van der Waals surface area contributed by atoms with Gasteiger partial charge in [0.15, 0.2) is 0 Å². The molecule has 5 nitrogen and oxygen atoms in total. The Morgan fingerprint density at radius 2 is 1.73 bits per heavy atom. The van der Waals surface area contributed by atoms with Crippen molar-refractivity contribution in [2.75, 3.05) is 6.54 Å². The quantitative estimate of drug-likeness (QED) is 0.462. The second kappa shape index (κ2) is 5.98. The average molecular weight is 213 g/mol. The maximum Gasteiger partial charge on any atom is 0.331 e. The van der Waals surface area contributed by atoms with Gasteiger partial charge in [-0.15, -0.1) is 0 Å². The number of rotatable bonds is 5. The predicted molar refractivity (Wildman–Crippen MR) is 55.4 cm³/mol. The molecule has 0 aliphatic heterocycles. The zero-order valence-electron chi connectivity index (χ0n) is 8.78. The summed E-state index contributed by atoms with van der Waals surface area (Å²) in [5, 5.41) is 17.4. The molecule has 0 fully saturated rings. The second-order valence-corrected chi connectivity index (χ2v) is 3.13. The topological polar surface area (TPSA) is 101 Å². The Morgan fingerprint density at radius 1 is 1.20 bits per heavy atom. The van der Waals surface area contributed by atoms with E-state index in [1.165, 1.54) is 19.9 Å². The number of carbonyl (C=O) groups is 2. The van der Waals surface area contributed by atoms with Crippen LogP contribution >= 0.6 is 0 Å². The van der Waals surface area contributed by atoms with Crippen molar-refractivity contribution in [3.8, 4) is 0 Å². The van der Waals surface area contributed by atoms with Crippen LogP contribution in [0.3, 0.4) is 0 Å². The third-order valence-corrected chi connectivity index (χ3v) is 1.94. The van der Waals surface area contributed by atoms with E-state index in [1.54, 1.807) is 0 Å². The van der Waals surface area contributed by atoms with E-state index in [1.807, 2.05) is 0 Å². The summed E-state index contributed by atoms with van der Waals surface area (Å²) in [6.45, 7) is 3.12. The van der Waals surface area contributed by atoms with Crippen molar-refractivity contribution in [2.45, 2.75) is 20.3 Å². The second-order valence-electron chi connectivity index (χ2n) is 3.13. The molecule has 84 valence electrons. The number of carboxylic acid groups (broad SMARTS) is 2. The monoisotopic (exact) mass is 213 g/mol. The van der Waals surface area contributed by atoms with Gasteiger partial charge in [-0.05, 0) is 38.5 Å². The summed E-state index contributed by atoms with van der Waals surface area (Å²) in [5.41, 5.74) is 5.99. The summed E-state index contributed by atoms with van der Waals surface area (Å²) < 4.78 is 0. The van der Waals surface area contributed by atoms with Gasteiger partial charge in [0.2, 0.25) is 0 Å². The van der Waals surface area contributed by atoms with Crippen molar-refractivity contribution in [1.82, 2.24) is 0 Å². The number of carboxylic acids is 2. The highest BCUT2D eigenvalue weighted by atomic mass is 16.4. The molecule has 4 N–H and O–H groups in total. The van der Waals surface area contributed by atoms with Crippen molar-refractivity contribution in [3.63, 3.8) is 0 Å². The van der Waals surface area contributed by atoms with E-state index in [4.69, 9.17) is 15.9 Å². The number of aliphatic carboxylic acids is 2. The van der Waals surface area contributed by atoms with Crippen LogP contribution < -0.4 is 5.73 Å². The normalized spacial score (nSPS) is 13.4. The van der Waals surface area contributed by atoms with Crippen LogP contribution in [0.25, 0.3) is 0 Å². The van der Waals surface area contributed by atoms with Gasteiger partial charge in [0.1, 0.15) is 0 Å². The van der Waals surface area contributed by atoms with Crippen molar-refractivity contribution in [1.29, 1.82) is 0 Å². The molecule has 0 aliphatic carbocycles. The Balaban J connectivity index is 5.16. The Kier molecular flexibility index (Phi) is 5.33. The van der Waals surface area contributed by atoms with Crippen LogP contribution in [0.15, 0.2) is 22.8 Å². The van der Waals surface area contributed by atoms with Gasteiger partial charge in [-0.25, -0.2) is 9.59 Å². The van der Waals surface area contributed by atoms with E-state index in [9.17, 15) is 9.59 Å². The highest BCUT2D eigenvalue weighted by Crippen LogP contribution is 2.12. The molecule has 0 aromatic heterocycles. The Bertz CT molecular complexity index is 328. The molecule has 0 amide bonds. The lowest BCUT2D eigenvalue weighted by Gasteiger charge is -2.04. The fourth-order valence-corrected chi connectivity index (χ4v) is 0.984. The van der Waals surface area contributed by atoms with Gasteiger partial charge >= 0.3 is 11.9 Å². The van der Waals surface area contributed by atoms with Crippen LogP contribution in [0.1, 0.15) is 20.3 Å². The summed E-state index contributed by atoms with van der Waals surface area (Å²) in [6.07, 6.45) is 1.70. The van der Waals surface area contributed by atoms with Gasteiger partial charge in [0.05, 0.1) is 0 Å². The van der Waals surface area contributed by atoms with Crippen molar-refractivity contribution in [3.05, 3.63) is 22.8 Å². The largest absolute Gasteiger partial charge is 0.478 e. The highest BCUT2D eigenvalue weighted by Gasteiger charge is 2.09. The molecule has 0 aromatic rings. The standard InChI is InChI=1S/C10H15NO4/c1-6(9(12)13)5-8(3-4-11)7(2)10(14)15/h5H,3-4,11H2,1-2H3,(H,12,13)(H,14,15). The number of hydrogen-bond donors (Lipinski definition) is 3. The maximum atomic E-state index is 10.7. The molecule has 5 heteroatoms. The molecule has 0 aromatic carbocycles. The number of hydrogen-bond acceptors (Lipinski definition) is 3. The van der Waals surface area contributed by atoms with Gasteiger partial charge < -0.3 is 15.9 Å². The third kappa shape index (κ3) is 4.42. The van der Waals surface area contributed by atoms with Gasteiger partial charge in [0.25, 0.3) is 0 Å². The molecule has 0 radical (unpaired) electrons. The van der Waals surface area contributed by atoms with Crippen LogP contribution in [0.2, 0.25) is 0 Å². The van der Waals surface area contributed by atoms with Crippen LogP contribution in [0.5, 0.6) is 0 Å². The van der Waals surface area contributed by atoms with Crippen molar-refractivity contribution < 1.29 is 19.8 Å². The van der Waals surface area contributed by atoms with E-state index in [0.717, 1.165) is 0 Å². The molecule has 15 heavy (non-hydrogen) atoms. The van der Waals surface area contributed by atoms with Crippen LogP contribution in [0.4, 0.5) is 0 Å². The zero-order chi connectivity index (χ0) is 12.0. The number of allylic oxidation sites excluding steroid dienone is 1. The van der Waals surface area contributed by atoms with Crippen LogP contribution in [0, 0.1) is 0 Å². The van der Waals surface area contributed by atoms with Crippen molar-refractivity contribution >= 4 is 11.9 Å². The van der Waals surface area contributed by atoms with Crippen LogP contribution in [-0.4, -0.2) is 28.7 Å². The first-order chi connectivity index (χ1) is 6.90. The molecule has 0 bridgehead atoms. The molecular weight excluding hydrogens is 198 g/mol. The fraction of sp³-hybridized carbons (Fsp3) is 0.400. The first-order valence-electron chi connectivity index (χ1n) is 4.44. The summed E-state index contributed by atoms with van der Waals surface area (Å²) in [6, 6.07) is 0. The lowest BCUT2D eigenvalue weighted by Crippen LogP contribution is -2.07. The van der Waals surface area contributed by atoms with Gasteiger partial charge in [0, 0.05) is 11.1 Å². The maximum absolute atomic E-state index is 10.7. The van der Waals surface area contributed by atoms with Gasteiger partial charge in [-0.2, -0.15) is 0 Å². The Morgan fingerprint density at radius 3 is 2.07 bits per heavy atom. The summed E-state index contributed by atoms with van der Waals surface area (Å²) in [5.74, 6) is -2.13. The highest BCUT2D eigenvalue weighted by molar-refractivity contribution is 5.90. The summed E-state index contributed by atoms with van der Waals surface area (Å²) in [7, 11) is 0. The summed E-state index contributed by atoms with van der Waals surface area (Å²) in [4.78, 5) is 21.3. The molecule has 0 aliphatic rings. The molecule has 0 atom stereocenters. The van der Waals surface area contributed by atoms with E-state index in [-0.39, 0.29) is 17.7 Å². The molecule has 0 rings (SSSR count). The minimum atomic E-state index is -1.07. The van der Waals surface area contributed by atoms with Crippen LogP contribution in [-0.2, 0) is 9.59 Å². The van der Waals surface area contributed by atoms with E-state index in [2.05, 4.69) is 0 Å². The molecule has 0 unspecified atom stereocenters. The zero-order valence-corrected chi connectivity index (χ0v) is 8.78. The SMILES string of the molecule is CC(=CC(CCN)=C(C)C(=O)O)C(=O)O. The minimum Gasteiger partial charge on any atom is -0.478 e. The average Bonchev–Trinajstić information content (AvgIpc) is 2.15. The van der Waals surface area contributed by atoms with Gasteiger partial charge in [-0.1, -0.05) is 0 Å². The number of nitrogens with two attached hydrogens (primary N) is 1. The fourth-order valence-electron chi connectivity index (χ4n) is 0.984. The lowest BCUT2D eigenvalue weighted by atomic mass is 10.0. The summed E-state index contributed by atoms with van der Waals surface area (Å²) >= 11 is 0. The molecule has 0 saturated heterocycles. The van der Waals surface area contributed by atoms with E-state index >= 15 is 0 Å². The Hall–Kier alpha value is -1.62. The molecule has 0 saturated carbocycles. The molecule has 0 spiro atoms. The molecular formula is C10H15NO4. The lowest BCUT2D eigenvalue weighted by molar-refractivity contribution is -0.133.